The van der Waals surface area contributed by atoms with Gasteiger partial charge >= 0.3 is 0 Å². The highest BCUT2D eigenvalue weighted by molar-refractivity contribution is 5.79. The molecule has 0 spiro atoms. The third kappa shape index (κ3) is 4.31. The second kappa shape index (κ2) is 8.47. The SMILES string of the molecule is CCOc1ccc(CC(=O)N2CCC[C@H]2c2nc(-c3ccc(C)cc3)no2)cc1. The number of amides is 1. The molecule has 1 amide bonds. The summed E-state index contributed by atoms with van der Waals surface area (Å²) in [5.74, 6) is 1.97. The minimum atomic E-state index is -0.156. The first-order chi connectivity index (χ1) is 14.1. The minimum absolute atomic E-state index is 0.0757. The lowest BCUT2D eigenvalue weighted by molar-refractivity contribution is -0.131. The molecule has 1 saturated heterocycles. The summed E-state index contributed by atoms with van der Waals surface area (Å²) in [6.45, 7) is 5.33. The van der Waals surface area contributed by atoms with Gasteiger partial charge in [0.25, 0.3) is 0 Å². The summed E-state index contributed by atoms with van der Waals surface area (Å²) < 4.78 is 11.0. The molecule has 1 aromatic heterocycles. The van der Waals surface area contributed by atoms with Crippen LogP contribution in [-0.2, 0) is 11.2 Å². The van der Waals surface area contributed by atoms with E-state index in [2.05, 4.69) is 10.1 Å². The Hall–Kier alpha value is -3.15. The van der Waals surface area contributed by atoms with Gasteiger partial charge in [0.1, 0.15) is 11.8 Å². The van der Waals surface area contributed by atoms with Crippen LogP contribution in [0.4, 0.5) is 0 Å². The molecule has 2 aromatic carbocycles. The molecule has 4 rings (SSSR count). The van der Waals surface area contributed by atoms with Crippen molar-refractivity contribution in [3.8, 4) is 17.1 Å². The fourth-order valence-corrected chi connectivity index (χ4v) is 3.66. The molecular weight excluding hydrogens is 366 g/mol. The summed E-state index contributed by atoms with van der Waals surface area (Å²) in [5.41, 5.74) is 3.06. The van der Waals surface area contributed by atoms with E-state index in [0.29, 0.717) is 31.3 Å². The number of nitrogens with zero attached hydrogens (tertiary/aromatic N) is 3. The van der Waals surface area contributed by atoms with Crippen molar-refractivity contribution in [3.05, 3.63) is 65.5 Å². The molecule has 6 nitrogen and oxygen atoms in total. The van der Waals surface area contributed by atoms with E-state index in [1.807, 2.05) is 67.3 Å². The van der Waals surface area contributed by atoms with E-state index in [9.17, 15) is 4.79 Å². The van der Waals surface area contributed by atoms with Gasteiger partial charge in [-0.1, -0.05) is 47.1 Å². The Bertz CT molecular complexity index is 964. The van der Waals surface area contributed by atoms with Crippen molar-refractivity contribution in [2.75, 3.05) is 13.2 Å². The van der Waals surface area contributed by atoms with Crippen LogP contribution in [0, 0.1) is 6.92 Å². The monoisotopic (exact) mass is 391 g/mol. The molecule has 150 valence electrons. The van der Waals surface area contributed by atoms with Crippen LogP contribution >= 0.6 is 0 Å². The number of hydrogen-bond acceptors (Lipinski definition) is 5. The van der Waals surface area contributed by atoms with E-state index in [0.717, 1.165) is 29.7 Å². The zero-order valence-corrected chi connectivity index (χ0v) is 16.8. The van der Waals surface area contributed by atoms with Gasteiger partial charge in [-0.05, 0) is 44.4 Å². The number of carbonyl (C=O) groups is 1. The molecule has 0 saturated carbocycles. The Kier molecular flexibility index (Phi) is 5.60. The molecule has 0 aliphatic carbocycles. The van der Waals surface area contributed by atoms with Crippen LogP contribution in [0.2, 0.25) is 0 Å². The summed E-state index contributed by atoms with van der Waals surface area (Å²) >= 11 is 0. The summed E-state index contributed by atoms with van der Waals surface area (Å²) in [5, 5.41) is 4.13. The molecule has 0 unspecified atom stereocenters. The highest BCUT2D eigenvalue weighted by atomic mass is 16.5. The molecule has 6 heteroatoms. The zero-order chi connectivity index (χ0) is 20.2. The van der Waals surface area contributed by atoms with Crippen LogP contribution in [0.1, 0.15) is 42.8 Å². The lowest BCUT2D eigenvalue weighted by Gasteiger charge is -2.22. The third-order valence-electron chi connectivity index (χ3n) is 5.20. The van der Waals surface area contributed by atoms with Gasteiger partial charge in [0.2, 0.25) is 17.6 Å². The van der Waals surface area contributed by atoms with Crippen LogP contribution in [0.15, 0.2) is 53.1 Å². The standard InChI is InChI=1S/C23H25N3O3/c1-3-28-19-12-8-17(9-13-19)15-21(27)26-14-4-5-20(26)23-24-22(25-29-23)18-10-6-16(2)7-11-18/h6-13,20H,3-5,14-15H2,1-2H3/t20-/m0/s1. The average molecular weight is 391 g/mol. The van der Waals surface area contributed by atoms with Gasteiger partial charge in [0.15, 0.2) is 0 Å². The molecule has 1 aliphatic heterocycles. The van der Waals surface area contributed by atoms with Gasteiger partial charge in [0, 0.05) is 12.1 Å². The van der Waals surface area contributed by atoms with Gasteiger partial charge in [-0.3, -0.25) is 4.79 Å². The van der Waals surface area contributed by atoms with Gasteiger partial charge < -0.3 is 14.2 Å². The predicted molar refractivity (Wildman–Crippen MR) is 109 cm³/mol. The molecule has 1 atom stereocenters. The number of hydrogen-bond donors (Lipinski definition) is 0. The summed E-state index contributed by atoms with van der Waals surface area (Å²) in [6, 6.07) is 15.5. The Labute approximate surface area is 170 Å². The van der Waals surface area contributed by atoms with Gasteiger partial charge in [-0.2, -0.15) is 4.98 Å². The van der Waals surface area contributed by atoms with Crippen LogP contribution in [0.3, 0.4) is 0 Å². The highest BCUT2D eigenvalue weighted by Gasteiger charge is 2.34. The van der Waals surface area contributed by atoms with Gasteiger partial charge in [-0.25, -0.2) is 0 Å². The Morgan fingerprint density at radius 1 is 1.17 bits per heavy atom. The first kappa shape index (κ1) is 19.2. The van der Waals surface area contributed by atoms with Crippen LogP contribution in [0.5, 0.6) is 5.75 Å². The smallest absolute Gasteiger partial charge is 0.249 e. The molecule has 0 bridgehead atoms. The summed E-state index contributed by atoms with van der Waals surface area (Å²) in [7, 11) is 0. The maximum Gasteiger partial charge on any atom is 0.249 e. The van der Waals surface area contributed by atoms with E-state index < -0.39 is 0 Å². The number of benzene rings is 2. The number of aromatic nitrogens is 2. The first-order valence-corrected chi connectivity index (χ1v) is 10.1. The van der Waals surface area contributed by atoms with Crippen molar-refractivity contribution in [1.82, 2.24) is 15.0 Å². The zero-order valence-electron chi connectivity index (χ0n) is 16.8. The number of ether oxygens (including phenoxy) is 1. The fourth-order valence-electron chi connectivity index (χ4n) is 3.66. The van der Waals surface area contributed by atoms with E-state index >= 15 is 0 Å². The Morgan fingerprint density at radius 3 is 2.66 bits per heavy atom. The molecular formula is C23H25N3O3. The molecule has 0 radical (unpaired) electrons. The van der Waals surface area contributed by atoms with E-state index in [4.69, 9.17) is 9.26 Å². The topological polar surface area (TPSA) is 68.5 Å². The minimum Gasteiger partial charge on any atom is -0.494 e. The number of rotatable bonds is 6. The first-order valence-electron chi connectivity index (χ1n) is 10.1. The van der Waals surface area contributed by atoms with Crippen molar-refractivity contribution in [1.29, 1.82) is 0 Å². The summed E-state index contributed by atoms with van der Waals surface area (Å²) in [4.78, 5) is 19.4. The van der Waals surface area contributed by atoms with Crippen LogP contribution < -0.4 is 4.74 Å². The number of carbonyl (C=O) groups excluding carboxylic acids is 1. The maximum absolute atomic E-state index is 12.9. The molecule has 29 heavy (non-hydrogen) atoms. The van der Waals surface area contributed by atoms with Crippen molar-refractivity contribution in [2.24, 2.45) is 0 Å². The predicted octanol–water partition coefficient (Wildman–Crippen LogP) is 4.35. The number of likely N-dealkylation sites (tertiary alicyclic amines) is 1. The average Bonchev–Trinajstić information content (AvgIpc) is 3.40. The van der Waals surface area contributed by atoms with E-state index in [1.165, 1.54) is 5.56 Å². The van der Waals surface area contributed by atoms with Gasteiger partial charge in [0.05, 0.1) is 13.0 Å². The second-order valence-corrected chi connectivity index (χ2v) is 7.32. The Morgan fingerprint density at radius 2 is 1.93 bits per heavy atom. The highest BCUT2D eigenvalue weighted by Crippen LogP contribution is 2.32. The van der Waals surface area contributed by atoms with E-state index in [1.54, 1.807) is 0 Å². The third-order valence-corrected chi connectivity index (χ3v) is 5.20. The molecule has 1 fully saturated rings. The molecule has 3 aromatic rings. The largest absolute Gasteiger partial charge is 0.494 e. The fraction of sp³-hybridized carbons (Fsp3) is 0.348. The lowest BCUT2D eigenvalue weighted by atomic mass is 10.1. The maximum atomic E-state index is 12.9. The van der Waals surface area contributed by atoms with Crippen molar-refractivity contribution in [3.63, 3.8) is 0 Å². The molecule has 2 heterocycles. The van der Waals surface area contributed by atoms with Gasteiger partial charge in [-0.15, -0.1) is 0 Å². The van der Waals surface area contributed by atoms with Crippen molar-refractivity contribution < 1.29 is 14.1 Å². The number of aryl methyl sites for hydroxylation is 1. The van der Waals surface area contributed by atoms with Crippen LogP contribution in [-0.4, -0.2) is 34.1 Å². The Balaban J connectivity index is 1.46. The van der Waals surface area contributed by atoms with Crippen molar-refractivity contribution in [2.45, 2.75) is 39.2 Å². The quantitative estimate of drug-likeness (QED) is 0.625. The second-order valence-electron chi connectivity index (χ2n) is 7.32. The van der Waals surface area contributed by atoms with Crippen molar-refractivity contribution >= 4 is 5.91 Å². The molecule has 0 N–H and O–H groups in total. The lowest BCUT2D eigenvalue weighted by Crippen LogP contribution is -2.32. The molecule has 1 aliphatic rings. The van der Waals surface area contributed by atoms with E-state index in [-0.39, 0.29) is 11.9 Å². The summed E-state index contributed by atoms with van der Waals surface area (Å²) in [6.07, 6.45) is 2.12. The van der Waals surface area contributed by atoms with Crippen LogP contribution in [0.25, 0.3) is 11.4 Å². The normalized spacial score (nSPS) is 16.2.